The number of benzene rings is 2. The Morgan fingerprint density at radius 3 is 2.35 bits per heavy atom. The molecule has 6 nitrogen and oxygen atoms in total. The van der Waals surface area contributed by atoms with Crippen molar-refractivity contribution >= 4 is 21.6 Å². The molecule has 0 aliphatic rings. The number of likely N-dealkylation sites (N-methyl/N-ethyl adjacent to an activating group) is 1. The molecule has 140 valence electrons. The number of aliphatic hydroxyl groups excluding tert-OH is 1. The summed E-state index contributed by atoms with van der Waals surface area (Å²) in [5, 5.41) is 9.10. The molecule has 0 saturated carbocycles. The minimum absolute atomic E-state index is 0.0204. The molecule has 1 amide bonds. The fourth-order valence-electron chi connectivity index (χ4n) is 2.53. The molecule has 7 heteroatoms. The number of rotatable bonds is 7. The number of nitrogens with one attached hydrogen (secondary N) is 1. The minimum Gasteiger partial charge on any atom is -0.395 e. The highest BCUT2D eigenvalue weighted by molar-refractivity contribution is 7.92. The van der Waals surface area contributed by atoms with Crippen LogP contribution in [0.1, 0.15) is 28.4 Å². The fourth-order valence-corrected chi connectivity index (χ4v) is 3.61. The standard InChI is InChI=1S/C19H24N2O4S/c1-4-21(11-12-22)19(23)18-13-17(10-7-15(18)3)26(24,25)20-16-8-5-14(2)6-9-16/h5-10,13,20,22H,4,11-12H2,1-3H3. The van der Waals surface area contributed by atoms with Crippen LogP contribution in [-0.2, 0) is 10.0 Å². The second-order valence-corrected chi connectivity index (χ2v) is 7.74. The van der Waals surface area contributed by atoms with Crippen LogP contribution in [0.25, 0.3) is 0 Å². The van der Waals surface area contributed by atoms with Gasteiger partial charge >= 0.3 is 0 Å². The molecule has 0 aliphatic carbocycles. The molecule has 26 heavy (non-hydrogen) atoms. The SMILES string of the molecule is CCN(CCO)C(=O)c1cc(S(=O)(=O)Nc2ccc(C)cc2)ccc1C. The highest BCUT2D eigenvalue weighted by Crippen LogP contribution is 2.21. The summed E-state index contributed by atoms with van der Waals surface area (Å²) in [4.78, 5) is 14.2. The van der Waals surface area contributed by atoms with Crippen molar-refractivity contribution in [3.8, 4) is 0 Å². The molecule has 2 N–H and O–H groups in total. The van der Waals surface area contributed by atoms with Crippen LogP contribution >= 0.6 is 0 Å². The number of nitrogens with zero attached hydrogens (tertiary/aromatic N) is 1. The van der Waals surface area contributed by atoms with Crippen molar-refractivity contribution < 1.29 is 18.3 Å². The molecule has 0 radical (unpaired) electrons. The second kappa shape index (κ2) is 8.33. The van der Waals surface area contributed by atoms with Gasteiger partial charge in [-0.15, -0.1) is 0 Å². The summed E-state index contributed by atoms with van der Waals surface area (Å²) in [6, 6.07) is 11.5. The Labute approximate surface area is 154 Å². The van der Waals surface area contributed by atoms with Gasteiger partial charge in [0.25, 0.3) is 15.9 Å². The van der Waals surface area contributed by atoms with Crippen LogP contribution in [0.3, 0.4) is 0 Å². The van der Waals surface area contributed by atoms with Crippen LogP contribution in [0.5, 0.6) is 0 Å². The van der Waals surface area contributed by atoms with E-state index in [1.165, 1.54) is 17.0 Å². The van der Waals surface area contributed by atoms with Crippen molar-refractivity contribution in [2.75, 3.05) is 24.4 Å². The van der Waals surface area contributed by atoms with Gasteiger partial charge in [0.1, 0.15) is 0 Å². The summed E-state index contributed by atoms with van der Waals surface area (Å²) < 4.78 is 27.8. The Kier molecular flexibility index (Phi) is 6.39. The van der Waals surface area contributed by atoms with Crippen LogP contribution in [0.15, 0.2) is 47.4 Å². The fraction of sp³-hybridized carbons (Fsp3) is 0.316. The monoisotopic (exact) mass is 376 g/mol. The average molecular weight is 376 g/mol. The zero-order valence-corrected chi connectivity index (χ0v) is 16.0. The predicted molar refractivity (Wildman–Crippen MR) is 102 cm³/mol. The normalized spacial score (nSPS) is 11.2. The highest BCUT2D eigenvalue weighted by atomic mass is 32.2. The third-order valence-corrected chi connectivity index (χ3v) is 5.47. The average Bonchev–Trinajstić information content (AvgIpc) is 2.61. The van der Waals surface area contributed by atoms with Gasteiger partial charge in [0.05, 0.1) is 11.5 Å². The molecule has 0 spiro atoms. The van der Waals surface area contributed by atoms with E-state index in [2.05, 4.69) is 4.72 Å². The summed E-state index contributed by atoms with van der Waals surface area (Å²) in [6.07, 6.45) is 0. The number of sulfonamides is 1. The molecule has 0 heterocycles. The lowest BCUT2D eigenvalue weighted by Gasteiger charge is -2.21. The third kappa shape index (κ3) is 4.62. The van der Waals surface area contributed by atoms with Gasteiger partial charge in [-0.25, -0.2) is 8.42 Å². The molecule has 0 saturated heterocycles. The number of carbonyl (C=O) groups excluding carboxylic acids is 1. The van der Waals surface area contributed by atoms with Crippen molar-refractivity contribution in [3.05, 3.63) is 59.2 Å². The van der Waals surface area contributed by atoms with Crippen LogP contribution in [0, 0.1) is 13.8 Å². The highest BCUT2D eigenvalue weighted by Gasteiger charge is 2.21. The summed E-state index contributed by atoms with van der Waals surface area (Å²) in [5.74, 6) is -0.300. The summed E-state index contributed by atoms with van der Waals surface area (Å²) >= 11 is 0. The molecule has 0 aromatic heterocycles. The van der Waals surface area contributed by atoms with E-state index in [1.807, 2.05) is 26.0 Å². The zero-order chi connectivity index (χ0) is 19.3. The van der Waals surface area contributed by atoms with E-state index in [0.717, 1.165) is 5.56 Å². The van der Waals surface area contributed by atoms with Gasteiger partial charge in [-0.1, -0.05) is 23.8 Å². The lowest BCUT2D eigenvalue weighted by Crippen LogP contribution is -2.34. The number of hydrogen-bond donors (Lipinski definition) is 2. The molecule has 0 bridgehead atoms. The van der Waals surface area contributed by atoms with Gasteiger partial charge < -0.3 is 10.0 Å². The first-order valence-electron chi connectivity index (χ1n) is 8.38. The number of carbonyl (C=O) groups is 1. The lowest BCUT2D eigenvalue weighted by atomic mass is 10.1. The molecular formula is C19H24N2O4S. The summed E-state index contributed by atoms with van der Waals surface area (Å²) in [5.41, 5.74) is 2.48. The third-order valence-electron chi connectivity index (χ3n) is 4.09. The van der Waals surface area contributed by atoms with E-state index < -0.39 is 10.0 Å². The zero-order valence-electron chi connectivity index (χ0n) is 15.2. The molecule has 0 aliphatic heterocycles. The van der Waals surface area contributed by atoms with E-state index in [0.29, 0.717) is 23.4 Å². The van der Waals surface area contributed by atoms with Gasteiger partial charge in [-0.2, -0.15) is 0 Å². The number of aryl methyl sites for hydroxylation is 2. The van der Waals surface area contributed by atoms with E-state index in [4.69, 9.17) is 5.11 Å². The Morgan fingerprint density at radius 2 is 1.77 bits per heavy atom. The van der Waals surface area contributed by atoms with Crippen molar-refractivity contribution in [3.63, 3.8) is 0 Å². The topological polar surface area (TPSA) is 86.7 Å². The van der Waals surface area contributed by atoms with Crippen LogP contribution < -0.4 is 4.72 Å². The largest absolute Gasteiger partial charge is 0.395 e. The molecule has 0 unspecified atom stereocenters. The van der Waals surface area contributed by atoms with Gasteiger partial charge in [0.15, 0.2) is 0 Å². The number of anilines is 1. The van der Waals surface area contributed by atoms with E-state index in [1.54, 1.807) is 25.1 Å². The molecule has 2 rings (SSSR count). The first-order valence-corrected chi connectivity index (χ1v) is 9.87. The molecule has 0 fully saturated rings. The maximum Gasteiger partial charge on any atom is 0.261 e. The van der Waals surface area contributed by atoms with Gasteiger partial charge in [-0.05, 0) is 50.6 Å². The number of amides is 1. The van der Waals surface area contributed by atoms with Crippen LogP contribution in [0.2, 0.25) is 0 Å². The number of hydrogen-bond acceptors (Lipinski definition) is 4. The first kappa shape index (κ1) is 19.9. The minimum atomic E-state index is -3.81. The number of aliphatic hydroxyl groups is 1. The Balaban J connectivity index is 2.35. The first-order chi connectivity index (χ1) is 12.3. The van der Waals surface area contributed by atoms with Crippen molar-refractivity contribution in [1.29, 1.82) is 0 Å². The van der Waals surface area contributed by atoms with Gasteiger partial charge in [0.2, 0.25) is 0 Å². The van der Waals surface area contributed by atoms with Crippen LogP contribution in [-0.4, -0.2) is 44.0 Å². The smallest absolute Gasteiger partial charge is 0.261 e. The summed E-state index contributed by atoms with van der Waals surface area (Å²) in [6.45, 7) is 5.96. The molecule has 2 aromatic rings. The Morgan fingerprint density at radius 1 is 1.12 bits per heavy atom. The molecular weight excluding hydrogens is 352 g/mol. The second-order valence-electron chi connectivity index (χ2n) is 6.06. The summed E-state index contributed by atoms with van der Waals surface area (Å²) in [7, 11) is -3.81. The maximum absolute atomic E-state index is 12.7. The van der Waals surface area contributed by atoms with E-state index in [-0.39, 0.29) is 24.0 Å². The quantitative estimate of drug-likeness (QED) is 0.777. The Hall–Kier alpha value is -2.38. The molecule has 2 aromatic carbocycles. The van der Waals surface area contributed by atoms with Gasteiger partial charge in [0, 0.05) is 24.3 Å². The van der Waals surface area contributed by atoms with Gasteiger partial charge in [-0.3, -0.25) is 9.52 Å². The van der Waals surface area contributed by atoms with E-state index in [9.17, 15) is 13.2 Å². The lowest BCUT2D eigenvalue weighted by molar-refractivity contribution is 0.0731. The van der Waals surface area contributed by atoms with Crippen molar-refractivity contribution in [2.24, 2.45) is 0 Å². The molecule has 0 atom stereocenters. The van der Waals surface area contributed by atoms with E-state index >= 15 is 0 Å². The van der Waals surface area contributed by atoms with Crippen molar-refractivity contribution in [2.45, 2.75) is 25.7 Å². The van der Waals surface area contributed by atoms with Crippen LogP contribution in [0.4, 0.5) is 5.69 Å². The predicted octanol–water partition coefficient (Wildman–Crippen LogP) is 2.56. The Bertz CT molecular complexity index is 877. The van der Waals surface area contributed by atoms with Crippen molar-refractivity contribution in [1.82, 2.24) is 4.90 Å². The maximum atomic E-state index is 12.7.